The molecule has 2 N–H and O–H groups in total. The summed E-state index contributed by atoms with van der Waals surface area (Å²) in [6.07, 6.45) is 3.00. The minimum absolute atomic E-state index is 0.158. The highest BCUT2D eigenvalue weighted by Gasteiger charge is 2.07. The van der Waals surface area contributed by atoms with E-state index < -0.39 is 30.5 Å². The van der Waals surface area contributed by atoms with Gasteiger partial charge in [0.05, 0.1) is 13.2 Å². The lowest BCUT2D eigenvalue weighted by Gasteiger charge is -2.06. The van der Waals surface area contributed by atoms with Crippen LogP contribution in [0.2, 0.25) is 12.1 Å². The SMILES string of the molecule is CO[SiH](O)CCCOC(=O)/C=C\C(=O)OCCC[SiH](O)OC. The van der Waals surface area contributed by atoms with Crippen LogP contribution in [0.25, 0.3) is 0 Å². The van der Waals surface area contributed by atoms with Crippen molar-refractivity contribution in [3.8, 4) is 0 Å². The van der Waals surface area contributed by atoms with Crippen molar-refractivity contribution in [1.82, 2.24) is 0 Å². The van der Waals surface area contributed by atoms with Gasteiger partial charge in [-0.1, -0.05) is 0 Å². The van der Waals surface area contributed by atoms with Crippen LogP contribution in [0.15, 0.2) is 12.2 Å². The first-order valence-electron chi connectivity index (χ1n) is 6.93. The van der Waals surface area contributed by atoms with Crippen molar-refractivity contribution < 1.29 is 37.5 Å². The van der Waals surface area contributed by atoms with Gasteiger partial charge in [0.2, 0.25) is 0 Å². The molecule has 2 atom stereocenters. The van der Waals surface area contributed by atoms with Gasteiger partial charge in [0.25, 0.3) is 0 Å². The Bertz CT molecular complexity index is 318. The van der Waals surface area contributed by atoms with Crippen molar-refractivity contribution in [2.45, 2.75) is 24.9 Å². The van der Waals surface area contributed by atoms with E-state index in [9.17, 15) is 19.2 Å². The molecule has 0 aliphatic heterocycles. The zero-order chi connectivity index (χ0) is 16.8. The van der Waals surface area contributed by atoms with Crippen LogP contribution >= 0.6 is 0 Å². The van der Waals surface area contributed by atoms with E-state index in [1.54, 1.807) is 0 Å². The summed E-state index contributed by atoms with van der Waals surface area (Å²) >= 11 is 0. The van der Waals surface area contributed by atoms with Gasteiger partial charge in [0, 0.05) is 26.4 Å². The molecule has 0 aliphatic rings. The number of hydrogen-bond acceptors (Lipinski definition) is 8. The maximum Gasteiger partial charge on any atom is 0.331 e. The van der Waals surface area contributed by atoms with Crippen LogP contribution in [0.4, 0.5) is 0 Å². The molecule has 22 heavy (non-hydrogen) atoms. The Morgan fingerprint density at radius 1 is 0.864 bits per heavy atom. The van der Waals surface area contributed by atoms with Gasteiger partial charge in [-0.3, -0.25) is 0 Å². The predicted octanol–water partition coefficient (Wildman–Crippen LogP) is -0.872. The van der Waals surface area contributed by atoms with Crippen LogP contribution in [0.1, 0.15) is 12.8 Å². The van der Waals surface area contributed by atoms with E-state index in [0.29, 0.717) is 24.9 Å². The van der Waals surface area contributed by atoms with Crippen molar-refractivity contribution in [3.05, 3.63) is 12.2 Å². The molecule has 0 radical (unpaired) electrons. The lowest BCUT2D eigenvalue weighted by molar-refractivity contribution is -0.140. The van der Waals surface area contributed by atoms with Gasteiger partial charge in [-0.2, -0.15) is 0 Å². The third kappa shape index (κ3) is 12.7. The van der Waals surface area contributed by atoms with Crippen LogP contribution in [0, 0.1) is 0 Å². The lowest BCUT2D eigenvalue weighted by Crippen LogP contribution is -2.16. The fourth-order valence-electron chi connectivity index (χ4n) is 1.33. The highest BCUT2D eigenvalue weighted by molar-refractivity contribution is 6.42. The second-order valence-corrected chi connectivity index (χ2v) is 8.25. The van der Waals surface area contributed by atoms with Crippen molar-refractivity contribution in [2.24, 2.45) is 0 Å². The Balaban J connectivity index is 3.67. The molecule has 0 saturated heterocycles. The second kappa shape index (κ2) is 13.6. The van der Waals surface area contributed by atoms with E-state index in [0.717, 1.165) is 12.2 Å². The maximum absolute atomic E-state index is 11.3. The maximum atomic E-state index is 11.3. The highest BCUT2D eigenvalue weighted by atomic mass is 28.3. The molecule has 0 amide bonds. The largest absolute Gasteiger partial charge is 0.463 e. The Morgan fingerprint density at radius 2 is 1.23 bits per heavy atom. The molecule has 0 heterocycles. The molecular weight excluding hydrogens is 328 g/mol. The highest BCUT2D eigenvalue weighted by Crippen LogP contribution is 1.98. The average Bonchev–Trinajstić information content (AvgIpc) is 2.52. The van der Waals surface area contributed by atoms with Crippen LogP contribution in [0.3, 0.4) is 0 Å². The fraction of sp³-hybridized carbons (Fsp3) is 0.667. The summed E-state index contributed by atoms with van der Waals surface area (Å²) in [4.78, 5) is 41.0. The van der Waals surface area contributed by atoms with E-state index >= 15 is 0 Å². The molecule has 8 nitrogen and oxygen atoms in total. The Kier molecular flexibility index (Phi) is 13.0. The first-order chi connectivity index (χ1) is 10.5. The zero-order valence-corrected chi connectivity index (χ0v) is 15.2. The molecule has 0 aromatic carbocycles. The molecule has 0 aromatic heterocycles. The first-order valence-corrected chi connectivity index (χ1v) is 10.5. The monoisotopic (exact) mass is 352 g/mol. The first kappa shape index (κ1) is 21.0. The third-order valence-electron chi connectivity index (χ3n) is 2.58. The van der Waals surface area contributed by atoms with Crippen LogP contribution in [-0.4, -0.2) is 67.5 Å². The van der Waals surface area contributed by atoms with E-state index in [1.165, 1.54) is 14.2 Å². The second-order valence-electron chi connectivity index (χ2n) is 4.33. The molecule has 0 saturated carbocycles. The quantitative estimate of drug-likeness (QED) is 0.202. The Morgan fingerprint density at radius 3 is 1.55 bits per heavy atom. The normalized spacial score (nSPS) is 13.8. The van der Waals surface area contributed by atoms with Gasteiger partial charge < -0.3 is 27.9 Å². The summed E-state index contributed by atoms with van der Waals surface area (Å²) < 4.78 is 19.2. The van der Waals surface area contributed by atoms with E-state index in [1.807, 2.05) is 0 Å². The van der Waals surface area contributed by atoms with Gasteiger partial charge in [-0.05, 0) is 24.9 Å². The molecule has 2 unspecified atom stereocenters. The summed E-state index contributed by atoms with van der Waals surface area (Å²) in [5.41, 5.74) is 0. The van der Waals surface area contributed by atoms with Gasteiger partial charge in [0.1, 0.15) is 0 Å². The minimum Gasteiger partial charge on any atom is -0.463 e. The number of rotatable bonds is 12. The Labute approximate surface area is 133 Å². The molecular formula is C12H24O8Si2. The van der Waals surface area contributed by atoms with E-state index in [2.05, 4.69) is 0 Å². The molecule has 128 valence electrons. The van der Waals surface area contributed by atoms with E-state index in [-0.39, 0.29) is 13.2 Å². The molecule has 0 bridgehead atoms. The molecule has 0 aromatic rings. The average molecular weight is 352 g/mol. The van der Waals surface area contributed by atoms with Gasteiger partial charge in [0.15, 0.2) is 0 Å². The summed E-state index contributed by atoms with van der Waals surface area (Å²) in [5, 5.41) is 0. The summed E-state index contributed by atoms with van der Waals surface area (Å²) in [6, 6.07) is 0.984. The Hall–Kier alpha value is -1.05. The van der Waals surface area contributed by atoms with Crippen molar-refractivity contribution in [2.75, 3.05) is 27.4 Å². The van der Waals surface area contributed by atoms with Crippen molar-refractivity contribution in [3.63, 3.8) is 0 Å². The summed E-state index contributed by atoms with van der Waals surface area (Å²) in [5.74, 6) is -1.29. The number of hydrogen-bond donors (Lipinski definition) is 2. The topological polar surface area (TPSA) is 112 Å². The molecule has 0 aliphatic carbocycles. The standard InChI is InChI=1S/C12H24O8Si2/c1-17-21(15)9-3-7-19-11(13)5-6-12(14)20-8-4-10-22(16)18-2/h5-6,15-16,21-22H,3-4,7-10H2,1-2H3/b6-5-. The molecule has 10 heteroatoms. The number of ether oxygens (including phenoxy) is 2. The zero-order valence-electron chi connectivity index (χ0n) is 12.9. The van der Waals surface area contributed by atoms with Gasteiger partial charge in [-0.25, -0.2) is 9.59 Å². The number of carbonyl (C=O) groups excluding carboxylic acids is 2. The third-order valence-corrected chi connectivity index (χ3v) is 5.47. The smallest absolute Gasteiger partial charge is 0.331 e. The van der Waals surface area contributed by atoms with Crippen molar-refractivity contribution in [1.29, 1.82) is 0 Å². The van der Waals surface area contributed by atoms with Gasteiger partial charge in [-0.15, -0.1) is 0 Å². The van der Waals surface area contributed by atoms with Crippen LogP contribution < -0.4 is 0 Å². The summed E-state index contributed by atoms with van der Waals surface area (Å²) in [7, 11) is -1.34. The molecule has 0 rings (SSSR count). The number of carbonyl (C=O) groups is 2. The minimum atomic E-state index is -2.11. The van der Waals surface area contributed by atoms with Crippen LogP contribution in [-0.2, 0) is 27.9 Å². The fourth-order valence-corrected chi connectivity index (χ4v) is 2.83. The van der Waals surface area contributed by atoms with Gasteiger partial charge >= 0.3 is 30.5 Å². The molecule has 0 fully saturated rings. The summed E-state index contributed by atoms with van der Waals surface area (Å²) in [6.45, 7) is 0.316. The van der Waals surface area contributed by atoms with E-state index in [4.69, 9.17) is 18.3 Å². The molecule has 0 spiro atoms. The predicted molar refractivity (Wildman–Crippen MR) is 82.7 cm³/mol. The van der Waals surface area contributed by atoms with Crippen molar-refractivity contribution >= 4 is 30.5 Å². The number of esters is 2. The lowest BCUT2D eigenvalue weighted by atomic mass is 10.4. The van der Waals surface area contributed by atoms with Crippen LogP contribution in [0.5, 0.6) is 0 Å².